The lowest BCUT2D eigenvalue weighted by atomic mass is 10.1. The molecule has 14 heavy (non-hydrogen) atoms. The standard InChI is InChI=1S/C11H24N2O/c1-8(2)13(9(3)4)7-10-5-11(14)6-12-10/h8-12,14H,5-7H2,1-4H3. The van der Waals surface area contributed by atoms with Gasteiger partial charge in [-0.3, -0.25) is 4.90 Å². The van der Waals surface area contributed by atoms with Crippen LogP contribution in [0.2, 0.25) is 0 Å². The monoisotopic (exact) mass is 200 g/mol. The quantitative estimate of drug-likeness (QED) is 0.705. The Morgan fingerprint density at radius 3 is 2.21 bits per heavy atom. The summed E-state index contributed by atoms with van der Waals surface area (Å²) in [5, 5.41) is 12.8. The second-order valence-corrected chi connectivity index (χ2v) is 4.88. The van der Waals surface area contributed by atoms with Gasteiger partial charge in [0.25, 0.3) is 0 Å². The summed E-state index contributed by atoms with van der Waals surface area (Å²) in [5.41, 5.74) is 0. The van der Waals surface area contributed by atoms with Gasteiger partial charge in [-0.1, -0.05) is 0 Å². The molecule has 3 heteroatoms. The van der Waals surface area contributed by atoms with Crippen molar-refractivity contribution in [1.29, 1.82) is 0 Å². The second kappa shape index (κ2) is 5.10. The molecule has 0 bridgehead atoms. The molecule has 2 atom stereocenters. The zero-order chi connectivity index (χ0) is 10.7. The molecular weight excluding hydrogens is 176 g/mol. The van der Waals surface area contributed by atoms with E-state index in [0.717, 1.165) is 19.5 Å². The normalized spacial score (nSPS) is 28.3. The second-order valence-electron chi connectivity index (χ2n) is 4.88. The molecule has 0 radical (unpaired) electrons. The molecule has 3 nitrogen and oxygen atoms in total. The molecule has 1 fully saturated rings. The summed E-state index contributed by atoms with van der Waals surface area (Å²) >= 11 is 0. The van der Waals surface area contributed by atoms with Crippen LogP contribution in [0.3, 0.4) is 0 Å². The highest BCUT2D eigenvalue weighted by Gasteiger charge is 2.25. The Balaban J connectivity index is 2.40. The zero-order valence-electron chi connectivity index (χ0n) is 9.83. The Kier molecular flexibility index (Phi) is 4.35. The Bertz CT molecular complexity index is 163. The van der Waals surface area contributed by atoms with Gasteiger partial charge in [-0.2, -0.15) is 0 Å². The van der Waals surface area contributed by atoms with E-state index < -0.39 is 0 Å². The molecule has 1 aliphatic heterocycles. The fraction of sp³-hybridized carbons (Fsp3) is 1.00. The molecule has 0 aromatic heterocycles. The number of nitrogens with zero attached hydrogens (tertiary/aromatic N) is 1. The molecule has 2 unspecified atom stereocenters. The van der Waals surface area contributed by atoms with Crippen molar-refractivity contribution in [2.24, 2.45) is 0 Å². The van der Waals surface area contributed by atoms with Crippen molar-refractivity contribution in [2.45, 2.75) is 58.3 Å². The molecule has 0 aromatic rings. The predicted octanol–water partition coefficient (Wildman–Crippen LogP) is 0.828. The highest BCUT2D eigenvalue weighted by Crippen LogP contribution is 2.12. The van der Waals surface area contributed by atoms with Gasteiger partial charge in [0, 0.05) is 31.2 Å². The topological polar surface area (TPSA) is 35.5 Å². The van der Waals surface area contributed by atoms with Crippen LogP contribution in [0.1, 0.15) is 34.1 Å². The fourth-order valence-corrected chi connectivity index (χ4v) is 2.21. The van der Waals surface area contributed by atoms with E-state index in [0.29, 0.717) is 18.1 Å². The lowest BCUT2D eigenvalue weighted by Gasteiger charge is -2.32. The van der Waals surface area contributed by atoms with Crippen molar-refractivity contribution in [2.75, 3.05) is 13.1 Å². The minimum atomic E-state index is -0.138. The van der Waals surface area contributed by atoms with Gasteiger partial charge < -0.3 is 10.4 Å². The van der Waals surface area contributed by atoms with Crippen LogP contribution in [0.5, 0.6) is 0 Å². The highest BCUT2D eigenvalue weighted by atomic mass is 16.3. The molecule has 2 N–H and O–H groups in total. The van der Waals surface area contributed by atoms with E-state index >= 15 is 0 Å². The molecule has 0 aromatic carbocycles. The zero-order valence-corrected chi connectivity index (χ0v) is 9.83. The smallest absolute Gasteiger partial charge is 0.0680 e. The Morgan fingerprint density at radius 2 is 1.86 bits per heavy atom. The van der Waals surface area contributed by atoms with E-state index in [1.165, 1.54) is 0 Å². The van der Waals surface area contributed by atoms with E-state index in [2.05, 4.69) is 37.9 Å². The van der Waals surface area contributed by atoms with Crippen LogP contribution in [0.25, 0.3) is 0 Å². The number of hydrogen-bond donors (Lipinski definition) is 2. The first-order chi connectivity index (χ1) is 6.50. The first-order valence-corrected chi connectivity index (χ1v) is 5.68. The average Bonchev–Trinajstić information content (AvgIpc) is 2.46. The Labute approximate surface area is 87.5 Å². The number of hydrogen-bond acceptors (Lipinski definition) is 3. The van der Waals surface area contributed by atoms with Gasteiger partial charge in [0.2, 0.25) is 0 Å². The minimum Gasteiger partial charge on any atom is -0.392 e. The summed E-state index contributed by atoms with van der Waals surface area (Å²) in [6, 6.07) is 1.62. The van der Waals surface area contributed by atoms with E-state index in [1.54, 1.807) is 0 Å². The van der Waals surface area contributed by atoms with Crippen LogP contribution < -0.4 is 5.32 Å². The maximum Gasteiger partial charge on any atom is 0.0680 e. The van der Waals surface area contributed by atoms with E-state index in [9.17, 15) is 5.11 Å². The average molecular weight is 200 g/mol. The molecule has 1 rings (SSSR count). The molecule has 1 saturated heterocycles. The number of nitrogens with one attached hydrogen (secondary N) is 1. The van der Waals surface area contributed by atoms with E-state index in [4.69, 9.17) is 0 Å². The number of rotatable bonds is 4. The van der Waals surface area contributed by atoms with Crippen molar-refractivity contribution in [3.05, 3.63) is 0 Å². The van der Waals surface area contributed by atoms with Crippen LogP contribution in [0, 0.1) is 0 Å². The first-order valence-electron chi connectivity index (χ1n) is 5.68. The van der Waals surface area contributed by atoms with Crippen molar-refractivity contribution in [3.8, 4) is 0 Å². The maximum atomic E-state index is 9.41. The third-order valence-corrected chi connectivity index (χ3v) is 2.96. The first kappa shape index (κ1) is 12.0. The molecule has 0 amide bonds. The summed E-state index contributed by atoms with van der Waals surface area (Å²) < 4.78 is 0. The van der Waals surface area contributed by atoms with E-state index in [-0.39, 0.29) is 6.10 Å². The molecule has 0 saturated carbocycles. The van der Waals surface area contributed by atoms with Gasteiger partial charge in [0.1, 0.15) is 0 Å². The van der Waals surface area contributed by atoms with Gasteiger partial charge in [-0.05, 0) is 34.1 Å². The molecule has 0 spiro atoms. The lowest BCUT2D eigenvalue weighted by molar-refractivity contribution is 0.151. The molecule has 0 aliphatic carbocycles. The van der Waals surface area contributed by atoms with Crippen LogP contribution in [-0.4, -0.2) is 47.3 Å². The van der Waals surface area contributed by atoms with Crippen LogP contribution in [0.15, 0.2) is 0 Å². The van der Waals surface area contributed by atoms with Crippen LogP contribution in [-0.2, 0) is 0 Å². The predicted molar refractivity (Wildman–Crippen MR) is 59.4 cm³/mol. The molecule has 84 valence electrons. The van der Waals surface area contributed by atoms with Crippen molar-refractivity contribution >= 4 is 0 Å². The molecule has 1 aliphatic rings. The summed E-state index contributed by atoms with van der Waals surface area (Å²) in [4.78, 5) is 2.47. The number of aliphatic hydroxyl groups is 1. The van der Waals surface area contributed by atoms with Gasteiger partial charge in [0.05, 0.1) is 6.10 Å². The minimum absolute atomic E-state index is 0.138. The third-order valence-electron chi connectivity index (χ3n) is 2.96. The SMILES string of the molecule is CC(C)N(CC1CC(O)CN1)C(C)C. The summed E-state index contributed by atoms with van der Waals surface area (Å²) in [5.74, 6) is 0. The molecule has 1 heterocycles. The van der Waals surface area contributed by atoms with Gasteiger partial charge in [-0.15, -0.1) is 0 Å². The molecular formula is C11H24N2O. The largest absolute Gasteiger partial charge is 0.392 e. The Morgan fingerprint density at radius 1 is 1.29 bits per heavy atom. The van der Waals surface area contributed by atoms with Gasteiger partial charge in [0.15, 0.2) is 0 Å². The Hall–Kier alpha value is -0.120. The lowest BCUT2D eigenvalue weighted by Crippen LogP contribution is -2.44. The third kappa shape index (κ3) is 3.23. The highest BCUT2D eigenvalue weighted by molar-refractivity contribution is 4.85. The van der Waals surface area contributed by atoms with Crippen LogP contribution >= 0.6 is 0 Å². The fourth-order valence-electron chi connectivity index (χ4n) is 2.21. The number of aliphatic hydroxyl groups excluding tert-OH is 1. The van der Waals surface area contributed by atoms with E-state index in [1.807, 2.05) is 0 Å². The summed E-state index contributed by atoms with van der Waals surface area (Å²) in [6.07, 6.45) is 0.761. The van der Waals surface area contributed by atoms with Gasteiger partial charge >= 0.3 is 0 Å². The number of β-amino-alcohol motifs (C(OH)–C–C–N with tert-alkyl or cyclic N) is 1. The van der Waals surface area contributed by atoms with Crippen LogP contribution in [0.4, 0.5) is 0 Å². The van der Waals surface area contributed by atoms with Gasteiger partial charge in [-0.25, -0.2) is 0 Å². The maximum absolute atomic E-state index is 9.41. The van der Waals surface area contributed by atoms with Crippen molar-refractivity contribution in [1.82, 2.24) is 10.2 Å². The summed E-state index contributed by atoms with van der Waals surface area (Å²) in [7, 11) is 0. The van der Waals surface area contributed by atoms with Crippen molar-refractivity contribution in [3.63, 3.8) is 0 Å². The summed E-state index contributed by atoms with van der Waals surface area (Å²) in [6.45, 7) is 10.7. The van der Waals surface area contributed by atoms with Crippen molar-refractivity contribution < 1.29 is 5.11 Å².